The molecule has 14 heavy (non-hydrogen) atoms. The molecule has 0 aliphatic rings. The second-order valence-electron chi connectivity index (χ2n) is 3.02. The van der Waals surface area contributed by atoms with E-state index < -0.39 is 0 Å². The SMILES string of the molecule is CCCc1ccc(/C=N/OC)cc1F. The second-order valence-corrected chi connectivity index (χ2v) is 3.02. The minimum absolute atomic E-state index is 0.174. The van der Waals surface area contributed by atoms with Gasteiger partial charge in [0.25, 0.3) is 0 Å². The van der Waals surface area contributed by atoms with E-state index in [-0.39, 0.29) is 5.82 Å². The molecule has 0 unspecified atom stereocenters. The Labute approximate surface area is 83.4 Å². The summed E-state index contributed by atoms with van der Waals surface area (Å²) in [7, 11) is 1.46. The van der Waals surface area contributed by atoms with E-state index in [4.69, 9.17) is 0 Å². The highest BCUT2D eigenvalue weighted by Crippen LogP contribution is 2.11. The van der Waals surface area contributed by atoms with Gasteiger partial charge in [0.15, 0.2) is 0 Å². The van der Waals surface area contributed by atoms with E-state index in [1.165, 1.54) is 19.4 Å². The number of nitrogens with zero attached hydrogens (tertiary/aromatic N) is 1. The van der Waals surface area contributed by atoms with Crippen LogP contribution in [0.2, 0.25) is 0 Å². The molecule has 0 bridgehead atoms. The Hall–Kier alpha value is -1.38. The van der Waals surface area contributed by atoms with Crippen molar-refractivity contribution in [1.82, 2.24) is 0 Å². The van der Waals surface area contributed by atoms with E-state index in [1.807, 2.05) is 13.0 Å². The minimum atomic E-state index is -0.174. The third-order valence-electron chi connectivity index (χ3n) is 1.90. The summed E-state index contributed by atoms with van der Waals surface area (Å²) in [5, 5.41) is 3.57. The number of rotatable bonds is 4. The molecule has 0 saturated carbocycles. The normalized spacial score (nSPS) is 10.8. The van der Waals surface area contributed by atoms with Crippen LogP contribution in [0.25, 0.3) is 0 Å². The smallest absolute Gasteiger partial charge is 0.127 e. The topological polar surface area (TPSA) is 21.6 Å². The predicted molar refractivity (Wildman–Crippen MR) is 55.0 cm³/mol. The quantitative estimate of drug-likeness (QED) is 0.534. The first-order chi connectivity index (χ1) is 6.77. The summed E-state index contributed by atoms with van der Waals surface area (Å²) in [6.45, 7) is 2.03. The molecule has 0 radical (unpaired) electrons. The Morgan fingerprint density at radius 3 is 2.86 bits per heavy atom. The first-order valence-electron chi connectivity index (χ1n) is 4.63. The standard InChI is InChI=1S/C11H14FNO/c1-3-4-10-6-5-9(7-11(10)12)8-13-14-2/h5-8H,3-4H2,1-2H3/b13-8+. The van der Waals surface area contributed by atoms with Crippen LogP contribution in [0.1, 0.15) is 24.5 Å². The van der Waals surface area contributed by atoms with Crippen molar-refractivity contribution in [3.8, 4) is 0 Å². The summed E-state index contributed by atoms with van der Waals surface area (Å²) in [5.41, 5.74) is 1.46. The number of benzene rings is 1. The summed E-state index contributed by atoms with van der Waals surface area (Å²) < 4.78 is 13.4. The second kappa shape index (κ2) is 5.37. The van der Waals surface area contributed by atoms with E-state index in [2.05, 4.69) is 9.99 Å². The Morgan fingerprint density at radius 2 is 2.29 bits per heavy atom. The van der Waals surface area contributed by atoms with Gasteiger partial charge in [0.1, 0.15) is 12.9 Å². The molecule has 1 aromatic carbocycles. The maximum atomic E-state index is 13.4. The van der Waals surface area contributed by atoms with Gasteiger partial charge in [0, 0.05) is 0 Å². The Kier molecular flexibility index (Phi) is 4.11. The summed E-state index contributed by atoms with van der Waals surface area (Å²) in [6, 6.07) is 5.08. The molecular formula is C11H14FNO. The van der Waals surface area contributed by atoms with Crippen molar-refractivity contribution in [3.63, 3.8) is 0 Å². The number of hydrogen-bond acceptors (Lipinski definition) is 2. The first-order valence-corrected chi connectivity index (χ1v) is 4.63. The highest BCUT2D eigenvalue weighted by atomic mass is 19.1. The Balaban J connectivity index is 2.83. The summed E-state index contributed by atoms with van der Waals surface area (Å²) in [4.78, 5) is 4.51. The van der Waals surface area contributed by atoms with Crippen molar-refractivity contribution in [2.24, 2.45) is 5.16 Å². The molecule has 1 aromatic rings. The van der Waals surface area contributed by atoms with Gasteiger partial charge >= 0.3 is 0 Å². The molecule has 0 aliphatic carbocycles. The summed E-state index contributed by atoms with van der Waals surface area (Å²) in [5.74, 6) is -0.174. The van der Waals surface area contributed by atoms with Crippen molar-refractivity contribution >= 4 is 6.21 Å². The molecule has 0 aliphatic heterocycles. The van der Waals surface area contributed by atoms with E-state index in [1.54, 1.807) is 6.07 Å². The lowest BCUT2D eigenvalue weighted by atomic mass is 10.1. The number of oxime groups is 1. The fraction of sp³-hybridized carbons (Fsp3) is 0.364. The van der Waals surface area contributed by atoms with Crippen molar-refractivity contribution in [2.75, 3.05) is 7.11 Å². The molecule has 0 saturated heterocycles. The van der Waals surface area contributed by atoms with Gasteiger partial charge in [-0.3, -0.25) is 0 Å². The lowest BCUT2D eigenvalue weighted by Crippen LogP contribution is -1.92. The van der Waals surface area contributed by atoms with Gasteiger partial charge in [0.2, 0.25) is 0 Å². The summed E-state index contributed by atoms with van der Waals surface area (Å²) in [6.07, 6.45) is 3.20. The van der Waals surface area contributed by atoms with Crippen LogP contribution in [0.15, 0.2) is 23.4 Å². The molecule has 0 spiro atoms. The highest BCUT2D eigenvalue weighted by Gasteiger charge is 2.01. The highest BCUT2D eigenvalue weighted by molar-refractivity contribution is 5.79. The minimum Gasteiger partial charge on any atom is -0.399 e. The van der Waals surface area contributed by atoms with Crippen molar-refractivity contribution in [3.05, 3.63) is 35.1 Å². The lowest BCUT2D eigenvalue weighted by molar-refractivity contribution is 0.215. The third-order valence-corrected chi connectivity index (χ3v) is 1.90. The van der Waals surface area contributed by atoms with Gasteiger partial charge in [-0.2, -0.15) is 0 Å². The number of halogens is 1. The van der Waals surface area contributed by atoms with Crippen molar-refractivity contribution in [1.29, 1.82) is 0 Å². The molecule has 3 heteroatoms. The molecule has 0 heterocycles. The largest absolute Gasteiger partial charge is 0.399 e. The monoisotopic (exact) mass is 195 g/mol. The fourth-order valence-electron chi connectivity index (χ4n) is 1.23. The maximum Gasteiger partial charge on any atom is 0.127 e. The average molecular weight is 195 g/mol. The van der Waals surface area contributed by atoms with E-state index in [0.717, 1.165) is 18.4 Å². The molecule has 0 aromatic heterocycles. The molecule has 1 rings (SSSR count). The van der Waals surface area contributed by atoms with Gasteiger partial charge in [-0.05, 0) is 23.6 Å². The predicted octanol–water partition coefficient (Wildman–Crippen LogP) is 2.76. The molecule has 0 fully saturated rings. The van der Waals surface area contributed by atoms with E-state index in [0.29, 0.717) is 5.56 Å². The number of aryl methyl sites for hydroxylation is 1. The average Bonchev–Trinajstić information content (AvgIpc) is 2.19. The molecule has 0 N–H and O–H groups in total. The third kappa shape index (κ3) is 2.83. The van der Waals surface area contributed by atoms with E-state index in [9.17, 15) is 4.39 Å². The summed E-state index contributed by atoms with van der Waals surface area (Å²) >= 11 is 0. The van der Waals surface area contributed by atoms with Crippen LogP contribution in [0.3, 0.4) is 0 Å². The van der Waals surface area contributed by atoms with Gasteiger partial charge in [-0.25, -0.2) is 4.39 Å². The molecule has 2 nitrogen and oxygen atoms in total. The van der Waals surface area contributed by atoms with Crippen LogP contribution in [-0.2, 0) is 11.3 Å². The van der Waals surface area contributed by atoms with Crippen LogP contribution in [0.4, 0.5) is 4.39 Å². The van der Waals surface area contributed by atoms with Crippen LogP contribution >= 0.6 is 0 Å². The van der Waals surface area contributed by atoms with E-state index >= 15 is 0 Å². The molecule has 0 atom stereocenters. The first kappa shape index (κ1) is 10.7. The van der Waals surface area contributed by atoms with Gasteiger partial charge in [-0.1, -0.05) is 30.6 Å². The van der Waals surface area contributed by atoms with Gasteiger partial charge in [0.05, 0.1) is 6.21 Å². The fourth-order valence-corrected chi connectivity index (χ4v) is 1.23. The van der Waals surface area contributed by atoms with Crippen LogP contribution in [0, 0.1) is 5.82 Å². The molecule has 76 valence electrons. The lowest BCUT2D eigenvalue weighted by Gasteiger charge is -2.01. The van der Waals surface area contributed by atoms with Gasteiger partial charge < -0.3 is 4.84 Å². The number of hydrogen-bond donors (Lipinski definition) is 0. The van der Waals surface area contributed by atoms with Crippen LogP contribution in [-0.4, -0.2) is 13.3 Å². The molecular weight excluding hydrogens is 181 g/mol. The Morgan fingerprint density at radius 1 is 1.50 bits per heavy atom. The van der Waals surface area contributed by atoms with Crippen molar-refractivity contribution in [2.45, 2.75) is 19.8 Å². The van der Waals surface area contributed by atoms with Crippen molar-refractivity contribution < 1.29 is 9.23 Å². The van der Waals surface area contributed by atoms with Crippen LogP contribution < -0.4 is 0 Å². The van der Waals surface area contributed by atoms with Gasteiger partial charge in [-0.15, -0.1) is 0 Å². The zero-order valence-electron chi connectivity index (χ0n) is 8.46. The zero-order chi connectivity index (χ0) is 10.4. The zero-order valence-corrected chi connectivity index (χ0v) is 8.46. The maximum absolute atomic E-state index is 13.4. The van der Waals surface area contributed by atoms with Crippen LogP contribution in [0.5, 0.6) is 0 Å². The Bertz CT molecular complexity index is 323. The molecule has 0 amide bonds.